The van der Waals surface area contributed by atoms with Gasteiger partial charge in [-0.15, -0.1) is 0 Å². The molecule has 0 heterocycles. The minimum absolute atomic E-state index is 0.304. The molecule has 5 heteroatoms. The maximum atomic E-state index is 11.7. The first-order valence-electron chi connectivity index (χ1n) is 9.74. The first-order chi connectivity index (χ1) is 11.2. The molecule has 0 atom stereocenters. The van der Waals surface area contributed by atoms with Crippen LogP contribution >= 0.6 is 0 Å². The molecule has 0 aliphatic carbocycles. The number of hydrogen-bond donors (Lipinski definition) is 0. The zero-order chi connectivity index (χ0) is 17.2. The van der Waals surface area contributed by atoms with Crippen LogP contribution in [0.1, 0.15) is 97.8 Å². The molecule has 0 unspecified atom stereocenters. The van der Waals surface area contributed by atoms with E-state index in [9.17, 15) is 5.21 Å². The lowest BCUT2D eigenvalue weighted by atomic mass is 10.1. The number of rotatable bonds is 18. The molecule has 140 valence electrons. The molecule has 0 saturated carbocycles. The van der Waals surface area contributed by atoms with Crippen LogP contribution in [0, 0.1) is 5.21 Å². The molecule has 0 aromatic rings. The SMILES string of the molecule is CCCCCCCCCCCCCCOOO[N+]([O-])(CC)CC. The Morgan fingerprint density at radius 1 is 0.652 bits per heavy atom. The molecule has 23 heavy (non-hydrogen) atoms. The Balaban J connectivity index is 3.14. The van der Waals surface area contributed by atoms with Gasteiger partial charge in [0.2, 0.25) is 0 Å². The van der Waals surface area contributed by atoms with E-state index >= 15 is 0 Å². The highest BCUT2D eigenvalue weighted by Crippen LogP contribution is 2.12. The van der Waals surface area contributed by atoms with Gasteiger partial charge in [0, 0.05) is 0 Å². The summed E-state index contributed by atoms with van der Waals surface area (Å²) >= 11 is 0. The van der Waals surface area contributed by atoms with Gasteiger partial charge in [0.15, 0.2) is 0 Å². The Kier molecular flexibility index (Phi) is 16.5. The molecule has 0 aromatic carbocycles. The van der Waals surface area contributed by atoms with Crippen LogP contribution in [0.15, 0.2) is 0 Å². The quantitative estimate of drug-likeness (QED) is 0.137. The maximum Gasteiger partial charge on any atom is 0.109 e. The predicted molar refractivity (Wildman–Crippen MR) is 93.9 cm³/mol. The van der Waals surface area contributed by atoms with Crippen LogP contribution in [0.25, 0.3) is 0 Å². The van der Waals surface area contributed by atoms with Gasteiger partial charge in [-0.25, -0.2) is 4.89 Å². The lowest BCUT2D eigenvalue weighted by Crippen LogP contribution is -2.41. The largest absolute Gasteiger partial charge is 0.596 e. The van der Waals surface area contributed by atoms with Crippen molar-refractivity contribution in [2.45, 2.75) is 97.8 Å². The van der Waals surface area contributed by atoms with E-state index in [0.29, 0.717) is 19.7 Å². The third kappa shape index (κ3) is 15.1. The first kappa shape index (κ1) is 22.8. The Bertz CT molecular complexity index is 235. The van der Waals surface area contributed by atoms with Crippen LogP contribution in [-0.4, -0.2) is 24.5 Å². The monoisotopic (exact) mass is 333 g/mol. The molecule has 0 aliphatic rings. The molecule has 0 saturated heterocycles. The highest BCUT2D eigenvalue weighted by Gasteiger charge is 2.15. The third-order valence-corrected chi connectivity index (χ3v) is 4.26. The molecule has 0 radical (unpaired) electrons. The van der Waals surface area contributed by atoms with E-state index in [4.69, 9.17) is 9.88 Å². The van der Waals surface area contributed by atoms with Crippen molar-refractivity contribution in [2.75, 3.05) is 19.7 Å². The van der Waals surface area contributed by atoms with E-state index in [0.717, 1.165) is 12.8 Å². The normalized spacial score (nSPS) is 12.0. The molecule has 0 amide bonds. The summed E-state index contributed by atoms with van der Waals surface area (Å²) in [5, 5.41) is 16.2. The number of unbranched alkanes of at least 4 members (excludes halogenated alkanes) is 11. The van der Waals surface area contributed by atoms with Crippen LogP contribution in [0.5, 0.6) is 0 Å². The number of hydroxylamine groups is 4. The van der Waals surface area contributed by atoms with Gasteiger partial charge in [0.05, 0.1) is 6.61 Å². The first-order valence-corrected chi connectivity index (χ1v) is 9.74. The summed E-state index contributed by atoms with van der Waals surface area (Å²) < 4.78 is 0. The van der Waals surface area contributed by atoms with Crippen molar-refractivity contribution in [3.8, 4) is 0 Å². The molecular weight excluding hydrogens is 294 g/mol. The van der Waals surface area contributed by atoms with Gasteiger partial charge in [-0.3, -0.25) is 0 Å². The minimum atomic E-state index is -0.835. The van der Waals surface area contributed by atoms with Gasteiger partial charge in [-0.05, 0) is 30.3 Å². The van der Waals surface area contributed by atoms with Crippen LogP contribution in [0.2, 0.25) is 0 Å². The molecule has 0 fully saturated rings. The smallest absolute Gasteiger partial charge is 0.109 e. The second-order valence-corrected chi connectivity index (χ2v) is 6.30. The summed E-state index contributed by atoms with van der Waals surface area (Å²) in [7, 11) is 0. The third-order valence-electron chi connectivity index (χ3n) is 4.26. The molecule has 0 N–H and O–H groups in total. The molecule has 0 bridgehead atoms. The van der Waals surface area contributed by atoms with E-state index in [1.807, 2.05) is 0 Å². The molecular formula is C18H39NO4. The lowest BCUT2D eigenvalue weighted by Gasteiger charge is -2.33. The van der Waals surface area contributed by atoms with Crippen LogP contribution in [0.3, 0.4) is 0 Å². The average Bonchev–Trinajstić information content (AvgIpc) is 2.58. The highest BCUT2D eigenvalue weighted by molar-refractivity contribution is 4.48. The fourth-order valence-electron chi connectivity index (χ4n) is 2.44. The second kappa shape index (κ2) is 16.7. The van der Waals surface area contributed by atoms with Crippen molar-refractivity contribution in [3.05, 3.63) is 5.21 Å². The van der Waals surface area contributed by atoms with Gasteiger partial charge in [-0.1, -0.05) is 77.6 Å². The van der Waals surface area contributed by atoms with Crippen molar-refractivity contribution in [2.24, 2.45) is 0 Å². The van der Waals surface area contributed by atoms with E-state index in [1.54, 1.807) is 13.8 Å². The summed E-state index contributed by atoms with van der Waals surface area (Å²) in [5.74, 6) is 0. The van der Waals surface area contributed by atoms with Crippen LogP contribution < -0.4 is 0 Å². The van der Waals surface area contributed by atoms with E-state index in [2.05, 4.69) is 12.0 Å². The molecule has 0 spiro atoms. The highest BCUT2D eigenvalue weighted by atomic mass is 17.6. The van der Waals surface area contributed by atoms with Crippen LogP contribution in [-0.2, 0) is 14.9 Å². The van der Waals surface area contributed by atoms with Gasteiger partial charge in [0.1, 0.15) is 13.1 Å². The topological polar surface area (TPSA) is 50.8 Å². The fraction of sp³-hybridized carbons (Fsp3) is 1.00. The number of nitrogens with zero attached hydrogens (tertiary/aromatic N) is 1. The minimum Gasteiger partial charge on any atom is -0.596 e. The van der Waals surface area contributed by atoms with Gasteiger partial charge in [0.25, 0.3) is 0 Å². The van der Waals surface area contributed by atoms with Gasteiger partial charge >= 0.3 is 0 Å². The van der Waals surface area contributed by atoms with Crippen molar-refractivity contribution in [1.82, 2.24) is 0 Å². The molecule has 5 nitrogen and oxygen atoms in total. The molecule has 0 rings (SSSR count). The molecule has 0 aliphatic heterocycles. The van der Waals surface area contributed by atoms with Crippen molar-refractivity contribution in [1.29, 1.82) is 0 Å². The summed E-state index contributed by atoms with van der Waals surface area (Å²) in [5.41, 5.74) is 0. The second-order valence-electron chi connectivity index (χ2n) is 6.30. The summed E-state index contributed by atoms with van der Waals surface area (Å²) in [6.45, 7) is 6.86. The van der Waals surface area contributed by atoms with Crippen molar-refractivity contribution >= 4 is 0 Å². The Morgan fingerprint density at radius 3 is 1.52 bits per heavy atom. The number of hydrogen-bond acceptors (Lipinski definition) is 4. The van der Waals surface area contributed by atoms with Crippen LogP contribution in [0.4, 0.5) is 0 Å². The van der Waals surface area contributed by atoms with E-state index in [1.165, 1.54) is 64.2 Å². The van der Waals surface area contributed by atoms with E-state index < -0.39 is 4.81 Å². The van der Waals surface area contributed by atoms with Crippen molar-refractivity contribution < 1.29 is 19.7 Å². The summed E-state index contributed by atoms with van der Waals surface area (Å²) in [4.78, 5) is 8.75. The van der Waals surface area contributed by atoms with Gasteiger partial charge in [-0.2, -0.15) is 4.81 Å². The average molecular weight is 334 g/mol. The van der Waals surface area contributed by atoms with Crippen molar-refractivity contribution in [3.63, 3.8) is 0 Å². The zero-order valence-corrected chi connectivity index (χ0v) is 15.7. The summed E-state index contributed by atoms with van der Waals surface area (Å²) in [6.07, 6.45) is 15.7. The lowest BCUT2D eigenvalue weighted by molar-refractivity contribution is -1.13. The standard InChI is InChI=1S/C18H39NO4/c1-4-7-8-9-10-11-12-13-14-15-16-17-18-21-23-22-19(20,5-2)6-3/h4-18H2,1-3H3. The predicted octanol–water partition coefficient (Wildman–Crippen LogP) is 5.84. The van der Waals surface area contributed by atoms with Gasteiger partial charge < -0.3 is 5.21 Å². The Hall–Kier alpha value is -0.200. The maximum absolute atomic E-state index is 11.7. The molecule has 0 aromatic heterocycles. The van der Waals surface area contributed by atoms with E-state index in [-0.39, 0.29) is 0 Å². The fourth-order valence-corrected chi connectivity index (χ4v) is 2.44. The Morgan fingerprint density at radius 2 is 1.09 bits per heavy atom. The summed E-state index contributed by atoms with van der Waals surface area (Å²) in [6, 6.07) is 0. The Labute approximate surface area is 143 Å². The zero-order valence-electron chi connectivity index (χ0n) is 15.7. The number of quaternary nitrogens is 1.